The molecule has 0 aliphatic heterocycles. The van der Waals surface area contributed by atoms with Crippen molar-refractivity contribution >= 4 is 18.4 Å². The van der Waals surface area contributed by atoms with Gasteiger partial charge in [-0.1, -0.05) is 0 Å². The van der Waals surface area contributed by atoms with E-state index in [0.29, 0.717) is 22.4 Å². The van der Waals surface area contributed by atoms with Crippen LogP contribution in [0.5, 0.6) is 11.5 Å². The van der Waals surface area contributed by atoms with Crippen molar-refractivity contribution in [2.24, 2.45) is 0 Å². The van der Waals surface area contributed by atoms with E-state index < -0.39 is 13.2 Å². The largest absolute Gasteiger partial charge is 0.497 e. The maximum Gasteiger partial charge on any atom is 0.264 e. The van der Waals surface area contributed by atoms with Gasteiger partial charge in [-0.15, -0.1) is 0 Å². The molecule has 0 aliphatic carbocycles. The molecular formula is C18H24NO5P. The Hall–Kier alpha value is -2.01. The summed E-state index contributed by atoms with van der Waals surface area (Å²) in [7, 11) is 4.63. The summed E-state index contributed by atoms with van der Waals surface area (Å²) in [5.74, 6) is -0.395. The number of hydrogen-bond acceptors (Lipinski definition) is 6. The molecule has 0 bridgehead atoms. The van der Waals surface area contributed by atoms with Crippen LogP contribution in [0.15, 0.2) is 42.5 Å². The lowest BCUT2D eigenvalue weighted by Crippen LogP contribution is -2.15. The second-order valence-corrected chi connectivity index (χ2v) is 8.24. The summed E-state index contributed by atoms with van der Waals surface area (Å²) in [6.07, 6.45) is 0. The normalized spacial score (nSPS) is 14.5. The third kappa shape index (κ3) is 3.82. The summed E-state index contributed by atoms with van der Waals surface area (Å²) in [5, 5.41) is 11.3. The highest BCUT2D eigenvalue weighted by Crippen LogP contribution is 2.58. The van der Waals surface area contributed by atoms with Crippen molar-refractivity contribution in [3.05, 3.63) is 48.0 Å². The molecule has 2 aromatic rings. The van der Waals surface area contributed by atoms with Gasteiger partial charge in [0.2, 0.25) is 0 Å². The fraction of sp³-hybridized carbons (Fsp3) is 0.333. The summed E-state index contributed by atoms with van der Waals surface area (Å²) in [4.78, 5) is 1.93. The molecule has 0 saturated heterocycles. The Morgan fingerprint density at radius 2 is 1.64 bits per heavy atom. The van der Waals surface area contributed by atoms with Crippen molar-refractivity contribution in [1.29, 1.82) is 0 Å². The number of rotatable bonds is 7. The van der Waals surface area contributed by atoms with E-state index in [1.165, 1.54) is 21.3 Å². The van der Waals surface area contributed by atoms with E-state index in [4.69, 9.17) is 14.0 Å². The minimum absolute atomic E-state index is 0.380. The summed E-state index contributed by atoms with van der Waals surface area (Å²) in [6, 6.07) is 12.0. The van der Waals surface area contributed by atoms with Gasteiger partial charge in [0.05, 0.1) is 14.2 Å². The monoisotopic (exact) mass is 365 g/mol. The van der Waals surface area contributed by atoms with Crippen LogP contribution in [0.3, 0.4) is 0 Å². The Labute approximate surface area is 148 Å². The Bertz CT molecular complexity index is 761. The number of nitrogens with zero attached hydrogens (tertiary/aromatic N) is 1. The standard InChI is InChI=1S/C18H24NO5P/c1-19(2)13-6-9-15(10-7-13)25(21,24-5)18(20)16-11-8-14(22-3)12-17(16)23-4/h6-12,18,20H,1-5H3. The molecular weight excluding hydrogens is 341 g/mol. The Kier molecular flexibility index (Phi) is 6.11. The first kappa shape index (κ1) is 19.3. The van der Waals surface area contributed by atoms with Crippen molar-refractivity contribution in [3.8, 4) is 11.5 Å². The van der Waals surface area contributed by atoms with Crippen molar-refractivity contribution < 1.29 is 23.7 Å². The van der Waals surface area contributed by atoms with Crippen LogP contribution in [0.4, 0.5) is 5.69 Å². The number of methoxy groups -OCH3 is 2. The van der Waals surface area contributed by atoms with Crippen molar-refractivity contribution in [2.75, 3.05) is 40.3 Å². The van der Waals surface area contributed by atoms with Crippen molar-refractivity contribution in [3.63, 3.8) is 0 Å². The van der Waals surface area contributed by atoms with Gasteiger partial charge >= 0.3 is 0 Å². The van der Waals surface area contributed by atoms with E-state index in [0.717, 1.165) is 5.69 Å². The topological polar surface area (TPSA) is 68.2 Å². The van der Waals surface area contributed by atoms with Crippen LogP contribution in [-0.2, 0) is 9.09 Å². The summed E-state index contributed by atoms with van der Waals surface area (Å²) >= 11 is 0. The molecule has 6 nitrogen and oxygen atoms in total. The summed E-state index contributed by atoms with van der Waals surface area (Å²) in [6.45, 7) is 0. The maximum absolute atomic E-state index is 13.4. The van der Waals surface area contributed by atoms with E-state index in [1.807, 2.05) is 31.1 Å². The predicted octanol–water partition coefficient (Wildman–Crippen LogP) is 3.01. The average molecular weight is 365 g/mol. The third-order valence-electron chi connectivity index (χ3n) is 4.04. The van der Waals surface area contributed by atoms with E-state index in [9.17, 15) is 9.67 Å². The first-order valence-electron chi connectivity index (χ1n) is 7.70. The molecule has 0 spiro atoms. The smallest absolute Gasteiger partial charge is 0.264 e. The minimum Gasteiger partial charge on any atom is -0.497 e. The van der Waals surface area contributed by atoms with Crippen molar-refractivity contribution in [1.82, 2.24) is 0 Å². The highest BCUT2D eigenvalue weighted by molar-refractivity contribution is 7.67. The van der Waals surface area contributed by atoms with E-state index in [1.54, 1.807) is 30.3 Å². The number of aliphatic hydroxyl groups excluding tert-OH is 1. The lowest BCUT2D eigenvalue weighted by Gasteiger charge is -2.24. The van der Waals surface area contributed by atoms with Gasteiger partial charge in [0.1, 0.15) is 11.5 Å². The van der Waals surface area contributed by atoms with Gasteiger partial charge in [-0.2, -0.15) is 0 Å². The fourth-order valence-electron chi connectivity index (χ4n) is 2.52. The Balaban J connectivity index is 2.46. The number of ether oxygens (including phenoxy) is 2. The molecule has 2 atom stereocenters. The highest BCUT2D eigenvalue weighted by Gasteiger charge is 2.37. The maximum atomic E-state index is 13.4. The molecule has 136 valence electrons. The van der Waals surface area contributed by atoms with Crippen LogP contribution in [-0.4, -0.2) is 40.5 Å². The molecule has 0 saturated carbocycles. The van der Waals surface area contributed by atoms with Gasteiger partial charge in [0, 0.05) is 43.8 Å². The minimum atomic E-state index is -3.56. The molecule has 2 aromatic carbocycles. The van der Waals surface area contributed by atoms with Crippen LogP contribution in [0, 0.1) is 0 Å². The molecule has 1 N–H and O–H groups in total. The van der Waals surface area contributed by atoms with Gasteiger partial charge in [-0.3, -0.25) is 4.57 Å². The quantitative estimate of drug-likeness (QED) is 0.761. The Morgan fingerprint density at radius 1 is 1.00 bits per heavy atom. The van der Waals surface area contributed by atoms with Crippen molar-refractivity contribution in [2.45, 2.75) is 5.85 Å². The van der Waals surface area contributed by atoms with Gasteiger partial charge in [0.25, 0.3) is 7.37 Å². The van der Waals surface area contributed by atoms with Crippen LogP contribution in [0.1, 0.15) is 11.4 Å². The molecule has 0 heterocycles. The molecule has 25 heavy (non-hydrogen) atoms. The van der Waals surface area contributed by atoms with E-state index in [-0.39, 0.29) is 0 Å². The van der Waals surface area contributed by atoms with E-state index >= 15 is 0 Å². The molecule has 0 fully saturated rings. The first-order chi connectivity index (χ1) is 11.9. The predicted molar refractivity (Wildman–Crippen MR) is 99.5 cm³/mol. The zero-order valence-electron chi connectivity index (χ0n) is 15.1. The second kappa shape index (κ2) is 7.91. The first-order valence-corrected chi connectivity index (χ1v) is 9.40. The highest BCUT2D eigenvalue weighted by atomic mass is 31.2. The van der Waals surface area contributed by atoms with Crippen LogP contribution in [0.2, 0.25) is 0 Å². The van der Waals surface area contributed by atoms with Gasteiger partial charge in [-0.05, 0) is 36.4 Å². The molecule has 7 heteroatoms. The lowest BCUT2D eigenvalue weighted by atomic mass is 10.2. The zero-order valence-corrected chi connectivity index (χ0v) is 16.0. The third-order valence-corrected chi connectivity index (χ3v) is 6.52. The van der Waals surface area contributed by atoms with E-state index in [2.05, 4.69) is 0 Å². The number of anilines is 1. The number of benzene rings is 2. The van der Waals surface area contributed by atoms with Gasteiger partial charge in [0.15, 0.2) is 5.85 Å². The molecule has 0 amide bonds. The van der Waals surface area contributed by atoms with Gasteiger partial charge < -0.3 is 24.0 Å². The molecule has 0 aromatic heterocycles. The fourth-order valence-corrected chi connectivity index (χ4v) is 4.36. The molecule has 2 rings (SSSR count). The zero-order chi connectivity index (χ0) is 18.6. The Morgan fingerprint density at radius 3 is 2.12 bits per heavy atom. The summed E-state index contributed by atoms with van der Waals surface area (Å²) in [5.41, 5.74) is 1.34. The molecule has 0 radical (unpaired) electrons. The second-order valence-electron chi connectivity index (χ2n) is 5.67. The number of hydrogen-bond donors (Lipinski definition) is 1. The lowest BCUT2D eigenvalue weighted by molar-refractivity contribution is 0.223. The number of aliphatic hydroxyl groups is 1. The molecule has 0 aliphatic rings. The summed E-state index contributed by atoms with van der Waals surface area (Å²) < 4.78 is 29.2. The average Bonchev–Trinajstić information content (AvgIpc) is 2.66. The van der Waals surface area contributed by atoms with Crippen LogP contribution in [0.25, 0.3) is 0 Å². The molecule has 2 unspecified atom stereocenters. The van der Waals surface area contributed by atoms with Gasteiger partial charge in [-0.25, -0.2) is 0 Å². The van der Waals surface area contributed by atoms with Crippen LogP contribution < -0.4 is 19.7 Å². The van der Waals surface area contributed by atoms with Crippen LogP contribution >= 0.6 is 7.37 Å². The SMILES string of the molecule is COc1ccc(C(O)P(=O)(OC)c2ccc(N(C)C)cc2)c(OC)c1.